The van der Waals surface area contributed by atoms with E-state index in [1.807, 2.05) is 53.7 Å². The number of sulfonamides is 1. The number of benzene rings is 3. The van der Waals surface area contributed by atoms with Crippen molar-refractivity contribution in [3.05, 3.63) is 107 Å². The van der Waals surface area contributed by atoms with Crippen molar-refractivity contribution >= 4 is 19.8 Å². The molecule has 1 fully saturated rings. The van der Waals surface area contributed by atoms with Crippen molar-refractivity contribution in [2.24, 2.45) is 3.77 Å². The summed E-state index contributed by atoms with van der Waals surface area (Å²) in [4.78, 5) is 0.257. The molecule has 0 aromatic heterocycles. The summed E-state index contributed by atoms with van der Waals surface area (Å²) >= 11 is 0. The van der Waals surface area contributed by atoms with E-state index in [0.29, 0.717) is 11.1 Å². The Morgan fingerprint density at radius 1 is 0.850 bits per heavy atom. The van der Waals surface area contributed by atoms with Gasteiger partial charge in [-0.05, 0) is 65.1 Å². The van der Waals surface area contributed by atoms with Crippen LogP contribution in [0, 0.1) is 11.6 Å². The van der Waals surface area contributed by atoms with Crippen molar-refractivity contribution < 1.29 is 21.4 Å². The van der Waals surface area contributed by atoms with Crippen molar-refractivity contribution in [1.29, 1.82) is 0 Å². The molecule has 4 nitrogen and oxygen atoms in total. The molecule has 0 saturated heterocycles. The van der Waals surface area contributed by atoms with Crippen molar-refractivity contribution in [2.75, 3.05) is 0 Å². The van der Waals surface area contributed by atoms with E-state index in [2.05, 4.69) is 10.3 Å². The summed E-state index contributed by atoms with van der Waals surface area (Å²) in [6.45, 7) is 15.6. The lowest BCUT2D eigenvalue weighted by Gasteiger charge is -2.22. The van der Waals surface area contributed by atoms with Crippen LogP contribution in [-0.4, -0.2) is 17.9 Å². The van der Waals surface area contributed by atoms with Crippen LogP contribution in [-0.2, 0) is 25.2 Å². The molecule has 1 unspecified atom stereocenters. The van der Waals surface area contributed by atoms with E-state index >= 15 is 4.21 Å². The van der Waals surface area contributed by atoms with Crippen molar-refractivity contribution in [3.63, 3.8) is 0 Å². The lowest BCUT2D eigenvalue weighted by atomic mass is 9.89. The highest BCUT2D eigenvalue weighted by Gasteiger charge is 2.62. The second-order valence-electron chi connectivity index (χ2n) is 11.5. The molecule has 1 aliphatic rings. The minimum absolute atomic E-state index is 0.0431. The fourth-order valence-corrected chi connectivity index (χ4v) is 11.0. The molecule has 0 aliphatic heterocycles. The van der Waals surface area contributed by atoms with Crippen LogP contribution in [0.2, 0.25) is 0 Å². The van der Waals surface area contributed by atoms with Gasteiger partial charge in [0.2, 0.25) is 0 Å². The topological polar surface area (TPSA) is 63.6 Å². The first-order chi connectivity index (χ1) is 18.7. The molecule has 0 bridgehead atoms. The minimum Gasteiger partial charge on any atom is -0.243 e. The molecule has 40 heavy (non-hydrogen) atoms. The maximum atomic E-state index is 15.0. The first-order valence-corrected chi connectivity index (χ1v) is 16.5. The van der Waals surface area contributed by atoms with Gasteiger partial charge in [-0.1, -0.05) is 84.0 Å². The van der Waals surface area contributed by atoms with Gasteiger partial charge in [-0.3, -0.25) is 0 Å². The Bertz CT molecular complexity index is 1620. The summed E-state index contributed by atoms with van der Waals surface area (Å²) in [5.74, 6) is -1.72. The van der Waals surface area contributed by atoms with Gasteiger partial charge < -0.3 is 0 Å². The Labute approximate surface area is 237 Å². The van der Waals surface area contributed by atoms with Crippen molar-refractivity contribution in [2.45, 2.75) is 86.2 Å². The SMILES string of the molecule is C=C[C@@]1(c2c(F)cccc2F)C[C@H]1S(=O)(=NS(=O)(=O)c1c(C(C)C)cc(C(C)C)cc1C(C)C)c1ccccc1. The van der Waals surface area contributed by atoms with Crippen LogP contribution in [0.15, 0.2) is 86.9 Å². The maximum Gasteiger partial charge on any atom is 0.290 e. The molecular formula is C32H37F2NO3S2. The number of allylic oxidation sites excluding steroid dienone is 1. The molecule has 0 radical (unpaired) electrons. The van der Waals surface area contributed by atoms with Crippen LogP contribution in [0.1, 0.15) is 88.0 Å². The summed E-state index contributed by atoms with van der Waals surface area (Å²) in [6, 6.07) is 15.5. The highest BCUT2D eigenvalue weighted by molar-refractivity contribution is 8.04. The minimum atomic E-state index is -4.50. The fourth-order valence-electron chi connectivity index (χ4n) is 5.41. The predicted molar refractivity (Wildman–Crippen MR) is 158 cm³/mol. The standard InChI is InChI=1S/C32H37F2NO3S2/c1-8-32(30-27(33)15-12-16-28(30)34)19-29(32)39(36,24-13-10-9-11-14-24)35-40(37,38)31-25(21(4)5)17-23(20(2)3)18-26(31)22(6)7/h8-18,20-22,29H,1,19H2,2-7H3/t29-,32-,39?/m1/s1. The molecule has 0 N–H and O–H groups in total. The predicted octanol–water partition coefficient (Wildman–Crippen LogP) is 8.45. The average molecular weight is 586 g/mol. The van der Waals surface area contributed by atoms with Crippen LogP contribution in [0.3, 0.4) is 0 Å². The highest BCUT2D eigenvalue weighted by Crippen LogP contribution is 2.57. The molecule has 0 amide bonds. The van der Waals surface area contributed by atoms with Crippen molar-refractivity contribution in [1.82, 2.24) is 0 Å². The van der Waals surface area contributed by atoms with Crippen LogP contribution >= 0.6 is 0 Å². The van der Waals surface area contributed by atoms with Crippen LogP contribution in [0.5, 0.6) is 0 Å². The molecular weight excluding hydrogens is 548 g/mol. The Morgan fingerprint density at radius 3 is 1.82 bits per heavy atom. The molecule has 4 rings (SSSR count). The van der Waals surface area contributed by atoms with E-state index in [4.69, 9.17) is 0 Å². The second-order valence-corrected chi connectivity index (χ2v) is 15.6. The van der Waals surface area contributed by atoms with E-state index in [1.165, 1.54) is 12.1 Å². The Balaban J connectivity index is 2.04. The zero-order valence-corrected chi connectivity index (χ0v) is 25.5. The lowest BCUT2D eigenvalue weighted by Crippen LogP contribution is -2.22. The van der Waals surface area contributed by atoms with Gasteiger partial charge in [0.15, 0.2) is 0 Å². The van der Waals surface area contributed by atoms with E-state index in [9.17, 15) is 17.2 Å². The van der Waals surface area contributed by atoms with Gasteiger partial charge in [-0.15, -0.1) is 10.3 Å². The quantitative estimate of drug-likeness (QED) is 0.237. The largest absolute Gasteiger partial charge is 0.290 e. The first-order valence-electron chi connectivity index (χ1n) is 13.5. The van der Waals surface area contributed by atoms with E-state index in [-0.39, 0.29) is 39.5 Å². The Morgan fingerprint density at radius 2 is 1.38 bits per heavy atom. The van der Waals surface area contributed by atoms with E-state index < -0.39 is 42.1 Å². The summed E-state index contributed by atoms with van der Waals surface area (Å²) in [5, 5.41) is -0.999. The van der Waals surface area contributed by atoms with Gasteiger partial charge in [-0.25, -0.2) is 13.0 Å². The molecule has 1 aliphatic carbocycles. The number of hydrogen-bond donors (Lipinski definition) is 0. The van der Waals surface area contributed by atoms with E-state index in [1.54, 1.807) is 30.3 Å². The monoisotopic (exact) mass is 585 g/mol. The van der Waals surface area contributed by atoms with Crippen LogP contribution in [0.25, 0.3) is 0 Å². The molecule has 3 aromatic rings. The van der Waals surface area contributed by atoms with Gasteiger partial charge in [-0.2, -0.15) is 8.42 Å². The summed E-state index contributed by atoms with van der Waals surface area (Å²) in [6.07, 6.45) is 1.42. The molecule has 214 valence electrons. The molecule has 0 heterocycles. The third kappa shape index (κ3) is 5.16. The van der Waals surface area contributed by atoms with Gasteiger partial charge in [0, 0.05) is 15.9 Å². The fraction of sp³-hybridized carbons (Fsp3) is 0.375. The molecule has 0 spiro atoms. The number of nitrogens with zero attached hydrogens (tertiary/aromatic N) is 1. The first kappa shape index (κ1) is 30.1. The molecule has 8 heteroatoms. The summed E-state index contributed by atoms with van der Waals surface area (Å²) < 4.78 is 77.9. The Hall–Kier alpha value is -2.84. The smallest absolute Gasteiger partial charge is 0.243 e. The zero-order chi connectivity index (χ0) is 29.6. The molecule has 3 aromatic carbocycles. The lowest BCUT2D eigenvalue weighted by molar-refractivity contribution is 0.540. The van der Waals surface area contributed by atoms with Gasteiger partial charge >= 0.3 is 0 Å². The zero-order valence-electron chi connectivity index (χ0n) is 23.8. The van der Waals surface area contributed by atoms with Gasteiger partial charge in [0.05, 0.1) is 19.9 Å². The van der Waals surface area contributed by atoms with E-state index in [0.717, 1.165) is 17.7 Å². The number of hydrogen-bond acceptors (Lipinski definition) is 3. The molecule has 1 saturated carbocycles. The normalized spacial score (nSPS) is 20.5. The third-order valence-electron chi connectivity index (χ3n) is 7.74. The van der Waals surface area contributed by atoms with Gasteiger partial charge in [0.25, 0.3) is 10.0 Å². The molecule has 3 atom stereocenters. The van der Waals surface area contributed by atoms with Crippen molar-refractivity contribution in [3.8, 4) is 0 Å². The maximum absolute atomic E-state index is 15.0. The van der Waals surface area contributed by atoms with Crippen LogP contribution in [0.4, 0.5) is 8.78 Å². The summed E-state index contributed by atoms with van der Waals surface area (Å²) in [5.41, 5.74) is 0.597. The Kier molecular flexibility index (Phi) is 8.18. The summed E-state index contributed by atoms with van der Waals surface area (Å²) in [7, 11) is -8.26. The third-order valence-corrected chi connectivity index (χ3v) is 12.7. The van der Waals surface area contributed by atoms with Gasteiger partial charge in [0.1, 0.15) is 11.6 Å². The average Bonchev–Trinajstić information content (AvgIpc) is 3.64. The second kappa shape index (κ2) is 10.9. The number of rotatable bonds is 9. The van der Waals surface area contributed by atoms with Crippen LogP contribution < -0.4 is 0 Å². The highest BCUT2D eigenvalue weighted by atomic mass is 32.3. The number of halogens is 2.